The molecule has 6 heteroatoms. The van der Waals surface area contributed by atoms with Gasteiger partial charge in [0.15, 0.2) is 5.65 Å². The molecule has 3 aromatic rings. The van der Waals surface area contributed by atoms with E-state index < -0.39 is 0 Å². The van der Waals surface area contributed by atoms with Gasteiger partial charge in [-0.1, -0.05) is 36.8 Å². The lowest BCUT2D eigenvalue weighted by Gasteiger charge is -2.32. The Balaban J connectivity index is 1.34. The van der Waals surface area contributed by atoms with Crippen LogP contribution in [0.3, 0.4) is 0 Å². The fraction of sp³-hybridized carbons (Fsp3) is 0.478. The predicted octanol–water partition coefficient (Wildman–Crippen LogP) is 5.70. The van der Waals surface area contributed by atoms with Crippen molar-refractivity contribution in [2.45, 2.75) is 52.9 Å². The molecule has 1 saturated carbocycles. The van der Waals surface area contributed by atoms with E-state index in [0.717, 1.165) is 28.0 Å². The quantitative estimate of drug-likeness (QED) is 0.321. The van der Waals surface area contributed by atoms with Crippen LogP contribution in [-0.4, -0.2) is 26.4 Å². The van der Waals surface area contributed by atoms with Crippen molar-refractivity contribution in [3.8, 4) is 0 Å². The van der Waals surface area contributed by atoms with Gasteiger partial charge >= 0.3 is 0 Å². The van der Waals surface area contributed by atoms with Gasteiger partial charge < -0.3 is 4.98 Å². The Morgan fingerprint density at radius 2 is 2.10 bits per heavy atom. The first-order chi connectivity index (χ1) is 14.1. The zero-order valence-corrected chi connectivity index (χ0v) is 17.5. The van der Waals surface area contributed by atoms with Gasteiger partial charge in [0.2, 0.25) is 0 Å². The minimum absolute atomic E-state index is 0.420. The highest BCUT2D eigenvalue weighted by Crippen LogP contribution is 2.35. The zero-order chi connectivity index (χ0) is 20.2. The van der Waals surface area contributed by atoms with Gasteiger partial charge in [-0.25, -0.2) is 5.43 Å². The van der Waals surface area contributed by atoms with Gasteiger partial charge in [0.05, 0.1) is 0 Å². The molecule has 2 aromatic heterocycles. The number of nitrogens with one attached hydrogen (secondary N) is 2. The molecule has 0 radical (unpaired) electrons. The molecule has 0 saturated heterocycles. The molecule has 0 bridgehead atoms. The minimum atomic E-state index is 0.420. The van der Waals surface area contributed by atoms with Gasteiger partial charge in [0.25, 0.3) is 5.95 Å². The van der Waals surface area contributed by atoms with Gasteiger partial charge in [0.1, 0.15) is 5.52 Å². The topological polar surface area (TPSA) is 78.8 Å². The highest BCUT2D eigenvalue weighted by Gasteiger charge is 2.26. The summed E-state index contributed by atoms with van der Waals surface area (Å²) in [5, 5.41) is 14.0. The van der Waals surface area contributed by atoms with Crippen molar-refractivity contribution in [2.75, 3.05) is 5.43 Å². The molecule has 1 aliphatic carbocycles. The Kier molecular flexibility index (Phi) is 5.88. The van der Waals surface area contributed by atoms with E-state index in [2.05, 4.69) is 57.5 Å². The van der Waals surface area contributed by atoms with Crippen LogP contribution in [-0.2, 0) is 0 Å². The van der Waals surface area contributed by atoms with Crippen LogP contribution in [0, 0.1) is 17.8 Å². The fourth-order valence-corrected chi connectivity index (χ4v) is 4.38. The van der Waals surface area contributed by atoms with E-state index in [-0.39, 0.29) is 0 Å². The molecule has 152 valence electrons. The molecular formula is C23H30N6. The Bertz CT molecular complexity index is 1030. The Labute approximate surface area is 171 Å². The maximum absolute atomic E-state index is 4.51. The van der Waals surface area contributed by atoms with Crippen LogP contribution >= 0.6 is 0 Å². The van der Waals surface area contributed by atoms with E-state index in [9.17, 15) is 0 Å². The third-order valence-electron chi connectivity index (χ3n) is 6.02. The van der Waals surface area contributed by atoms with E-state index >= 15 is 0 Å². The number of hydrazone groups is 1. The number of hydrogen-bond donors (Lipinski definition) is 2. The average Bonchev–Trinajstić information content (AvgIpc) is 3.07. The number of aromatic amines is 1. The number of benzene rings is 1. The predicted molar refractivity (Wildman–Crippen MR) is 120 cm³/mol. The summed E-state index contributed by atoms with van der Waals surface area (Å²) in [4.78, 5) is 7.80. The first-order valence-electron chi connectivity index (χ1n) is 10.6. The molecule has 1 aromatic carbocycles. The van der Waals surface area contributed by atoms with Crippen LogP contribution in [0.15, 0.2) is 41.0 Å². The second-order valence-corrected chi connectivity index (χ2v) is 8.57. The van der Waals surface area contributed by atoms with E-state index in [0.29, 0.717) is 17.8 Å². The monoisotopic (exact) mass is 390 g/mol. The molecule has 3 atom stereocenters. The fourth-order valence-electron chi connectivity index (χ4n) is 4.38. The summed E-state index contributed by atoms with van der Waals surface area (Å²) in [7, 11) is 0. The molecule has 0 aliphatic heterocycles. The molecule has 4 rings (SSSR count). The summed E-state index contributed by atoms with van der Waals surface area (Å²) in [6.45, 7) is 6.70. The smallest absolute Gasteiger partial charge is 0.265 e. The molecule has 2 N–H and O–H groups in total. The molecule has 0 spiro atoms. The van der Waals surface area contributed by atoms with E-state index in [1.807, 2.05) is 30.5 Å². The molecule has 1 fully saturated rings. The molecule has 29 heavy (non-hydrogen) atoms. The number of anilines is 1. The normalized spacial score (nSPS) is 22.4. The summed E-state index contributed by atoms with van der Waals surface area (Å²) in [5.41, 5.74) is 6.91. The summed E-state index contributed by atoms with van der Waals surface area (Å²) in [5.74, 6) is 2.42. The maximum atomic E-state index is 4.51. The van der Waals surface area contributed by atoms with Gasteiger partial charge in [-0.15, -0.1) is 10.2 Å². The van der Waals surface area contributed by atoms with Crippen molar-refractivity contribution >= 4 is 34.2 Å². The molecule has 3 unspecified atom stereocenters. The van der Waals surface area contributed by atoms with Crippen molar-refractivity contribution in [2.24, 2.45) is 22.9 Å². The SMILES string of the molecule is CC(C)=CCCC1CCC(/C=N\Nc2nnc3c(n2)[nH]c2ccccc23)C(C)C1. The van der Waals surface area contributed by atoms with E-state index in [1.165, 1.54) is 37.7 Å². The zero-order valence-electron chi connectivity index (χ0n) is 17.5. The largest absolute Gasteiger partial charge is 0.338 e. The molecule has 1 aliphatic rings. The summed E-state index contributed by atoms with van der Waals surface area (Å²) >= 11 is 0. The Morgan fingerprint density at radius 1 is 1.24 bits per heavy atom. The van der Waals surface area contributed by atoms with Crippen LogP contribution < -0.4 is 5.43 Å². The van der Waals surface area contributed by atoms with Crippen LogP contribution in [0.4, 0.5) is 5.95 Å². The van der Waals surface area contributed by atoms with Gasteiger partial charge in [-0.05, 0) is 69.8 Å². The molecule has 6 nitrogen and oxygen atoms in total. The van der Waals surface area contributed by atoms with Crippen molar-refractivity contribution in [3.63, 3.8) is 0 Å². The number of allylic oxidation sites excluding steroid dienone is 2. The molecule has 0 amide bonds. The standard InChI is InChI=1S/C23H30N6/c1-15(2)7-6-8-17-11-12-18(16(3)13-17)14-24-28-23-26-22-21(27-29-23)19-9-4-5-10-20(19)25-22/h4-5,7,9-10,14,16-18H,6,8,11-13H2,1-3H3,(H2,25,26,28,29)/b24-14-. The number of nitrogens with zero attached hydrogens (tertiary/aromatic N) is 4. The lowest BCUT2D eigenvalue weighted by molar-refractivity contribution is 0.235. The summed E-state index contributed by atoms with van der Waals surface area (Å²) in [6, 6.07) is 8.02. The lowest BCUT2D eigenvalue weighted by Crippen LogP contribution is -2.24. The van der Waals surface area contributed by atoms with E-state index in [4.69, 9.17) is 0 Å². The first-order valence-corrected chi connectivity index (χ1v) is 10.6. The second kappa shape index (κ2) is 8.72. The summed E-state index contributed by atoms with van der Waals surface area (Å²) in [6.07, 6.45) is 10.7. The van der Waals surface area contributed by atoms with Crippen LogP contribution in [0.2, 0.25) is 0 Å². The number of H-pyrrole nitrogens is 1. The number of fused-ring (bicyclic) bond motifs is 3. The summed E-state index contributed by atoms with van der Waals surface area (Å²) < 4.78 is 0. The van der Waals surface area contributed by atoms with Crippen molar-refractivity contribution in [3.05, 3.63) is 35.9 Å². The Morgan fingerprint density at radius 3 is 2.93 bits per heavy atom. The molecular weight excluding hydrogens is 360 g/mol. The average molecular weight is 391 g/mol. The van der Waals surface area contributed by atoms with Crippen molar-refractivity contribution in [1.82, 2.24) is 20.2 Å². The highest BCUT2D eigenvalue weighted by molar-refractivity contribution is 6.03. The van der Waals surface area contributed by atoms with Crippen LogP contribution in [0.25, 0.3) is 22.1 Å². The third kappa shape index (κ3) is 4.63. The maximum Gasteiger partial charge on any atom is 0.265 e. The number of rotatable bonds is 6. The second-order valence-electron chi connectivity index (χ2n) is 8.57. The van der Waals surface area contributed by atoms with Gasteiger partial charge in [-0.2, -0.15) is 10.1 Å². The molecule has 2 heterocycles. The third-order valence-corrected chi connectivity index (χ3v) is 6.02. The number of hydrogen-bond acceptors (Lipinski definition) is 5. The van der Waals surface area contributed by atoms with Gasteiger partial charge in [-0.3, -0.25) is 0 Å². The minimum Gasteiger partial charge on any atom is -0.338 e. The lowest BCUT2D eigenvalue weighted by atomic mass is 9.74. The number of aromatic nitrogens is 4. The van der Waals surface area contributed by atoms with Gasteiger partial charge in [0, 0.05) is 17.1 Å². The Hall–Kier alpha value is -2.76. The first kappa shape index (κ1) is 19.6. The van der Waals surface area contributed by atoms with Crippen molar-refractivity contribution in [1.29, 1.82) is 0 Å². The van der Waals surface area contributed by atoms with Crippen LogP contribution in [0.1, 0.15) is 52.9 Å². The van der Waals surface area contributed by atoms with Crippen LogP contribution in [0.5, 0.6) is 0 Å². The van der Waals surface area contributed by atoms with Crippen molar-refractivity contribution < 1.29 is 0 Å². The van der Waals surface area contributed by atoms with E-state index in [1.54, 1.807) is 0 Å². The highest BCUT2D eigenvalue weighted by atomic mass is 15.4. The number of para-hydroxylation sites is 1.